The lowest BCUT2D eigenvalue weighted by Gasteiger charge is -2.10. The zero-order valence-corrected chi connectivity index (χ0v) is 10.4. The molecule has 0 bridgehead atoms. The highest BCUT2D eigenvalue weighted by atomic mass is 14.8. The highest BCUT2D eigenvalue weighted by Crippen LogP contribution is 2.31. The summed E-state index contributed by atoms with van der Waals surface area (Å²) in [4.78, 5) is 0. The van der Waals surface area contributed by atoms with Gasteiger partial charge < -0.3 is 5.32 Å². The zero-order valence-electron chi connectivity index (χ0n) is 10.4. The van der Waals surface area contributed by atoms with Crippen LogP contribution in [0.3, 0.4) is 0 Å². The lowest BCUT2D eigenvalue weighted by Crippen LogP contribution is -1.90. The smallest absolute Gasteiger partial charge is 0.0417 e. The molecule has 0 fully saturated rings. The molecule has 0 aliphatic carbocycles. The van der Waals surface area contributed by atoms with E-state index < -0.39 is 0 Å². The number of fused-ring (bicyclic) bond motifs is 1. The minimum Gasteiger partial charge on any atom is -0.388 e. The molecule has 1 N–H and O–H groups in total. The summed E-state index contributed by atoms with van der Waals surface area (Å²) in [6, 6.07) is 23.4. The van der Waals surface area contributed by atoms with Crippen molar-refractivity contribution in [3.05, 3.63) is 66.7 Å². The fourth-order valence-corrected chi connectivity index (χ4v) is 2.40. The summed E-state index contributed by atoms with van der Waals surface area (Å²) in [7, 11) is 1.96. The van der Waals surface area contributed by atoms with Gasteiger partial charge in [0.1, 0.15) is 0 Å². The van der Waals surface area contributed by atoms with Gasteiger partial charge in [0.2, 0.25) is 0 Å². The molecule has 0 radical (unpaired) electrons. The normalized spacial score (nSPS) is 10.5. The van der Waals surface area contributed by atoms with Gasteiger partial charge in [0.25, 0.3) is 0 Å². The largest absolute Gasteiger partial charge is 0.388 e. The van der Waals surface area contributed by atoms with Crippen LogP contribution in [0.15, 0.2) is 66.7 Å². The molecule has 3 aromatic rings. The second kappa shape index (κ2) is 4.53. The van der Waals surface area contributed by atoms with Crippen LogP contribution in [0.2, 0.25) is 0 Å². The first kappa shape index (κ1) is 10.8. The van der Waals surface area contributed by atoms with E-state index in [9.17, 15) is 0 Å². The number of rotatable bonds is 2. The van der Waals surface area contributed by atoms with Crippen molar-refractivity contribution < 1.29 is 0 Å². The van der Waals surface area contributed by atoms with Gasteiger partial charge in [0.15, 0.2) is 0 Å². The zero-order chi connectivity index (χ0) is 12.4. The van der Waals surface area contributed by atoms with Gasteiger partial charge in [-0.05, 0) is 22.6 Å². The van der Waals surface area contributed by atoms with E-state index in [1.54, 1.807) is 0 Å². The lowest BCUT2D eigenvalue weighted by molar-refractivity contribution is 1.54. The highest BCUT2D eigenvalue weighted by Gasteiger charge is 2.05. The maximum absolute atomic E-state index is 3.25. The number of hydrogen-bond donors (Lipinski definition) is 1. The van der Waals surface area contributed by atoms with Crippen LogP contribution in [0.4, 0.5) is 5.69 Å². The van der Waals surface area contributed by atoms with Crippen LogP contribution in [-0.2, 0) is 0 Å². The molecule has 0 amide bonds. The van der Waals surface area contributed by atoms with Gasteiger partial charge in [0, 0.05) is 18.1 Å². The SMILES string of the molecule is CNc1cccc2c(-c3ccccc3)cccc12. The first-order chi connectivity index (χ1) is 8.90. The van der Waals surface area contributed by atoms with Crippen molar-refractivity contribution in [3.63, 3.8) is 0 Å². The molecule has 3 aromatic carbocycles. The molecule has 88 valence electrons. The fraction of sp³-hybridized carbons (Fsp3) is 0.0588. The molecule has 18 heavy (non-hydrogen) atoms. The number of hydrogen-bond acceptors (Lipinski definition) is 1. The molecule has 1 nitrogen and oxygen atoms in total. The Morgan fingerprint density at radius 1 is 0.667 bits per heavy atom. The van der Waals surface area contributed by atoms with Gasteiger partial charge in [-0.3, -0.25) is 0 Å². The standard InChI is InChI=1S/C17H15N/c1-18-17-12-6-10-15-14(9-5-11-16(15)17)13-7-3-2-4-8-13/h2-12,18H,1H3. The minimum atomic E-state index is 1.17. The predicted octanol–water partition coefficient (Wildman–Crippen LogP) is 4.55. The molecule has 1 heteroatoms. The van der Waals surface area contributed by atoms with Crippen LogP contribution in [0, 0.1) is 0 Å². The predicted molar refractivity (Wildman–Crippen MR) is 78.9 cm³/mol. The lowest BCUT2D eigenvalue weighted by atomic mass is 9.97. The van der Waals surface area contributed by atoms with E-state index in [2.05, 4.69) is 66.0 Å². The third-order valence-electron chi connectivity index (χ3n) is 3.28. The van der Waals surface area contributed by atoms with Crippen LogP contribution in [0.5, 0.6) is 0 Å². The number of anilines is 1. The molecule has 0 saturated heterocycles. The van der Waals surface area contributed by atoms with Crippen molar-refractivity contribution in [2.75, 3.05) is 12.4 Å². The summed E-state index contributed by atoms with van der Waals surface area (Å²) in [6.07, 6.45) is 0. The van der Waals surface area contributed by atoms with Crippen LogP contribution in [0.25, 0.3) is 21.9 Å². The van der Waals surface area contributed by atoms with Gasteiger partial charge in [-0.1, -0.05) is 60.7 Å². The Hall–Kier alpha value is -2.28. The molecule has 0 aromatic heterocycles. The number of benzene rings is 3. The van der Waals surface area contributed by atoms with E-state index in [-0.39, 0.29) is 0 Å². The Labute approximate surface area is 107 Å². The van der Waals surface area contributed by atoms with Crippen molar-refractivity contribution >= 4 is 16.5 Å². The third-order valence-corrected chi connectivity index (χ3v) is 3.28. The minimum absolute atomic E-state index is 1.17. The molecular weight excluding hydrogens is 218 g/mol. The average molecular weight is 233 g/mol. The van der Waals surface area contributed by atoms with Crippen LogP contribution < -0.4 is 5.32 Å². The summed E-state index contributed by atoms with van der Waals surface area (Å²) in [5.74, 6) is 0. The Balaban J connectivity index is 2.32. The molecule has 0 saturated carbocycles. The van der Waals surface area contributed by atoms with E-state index in [1.165, 1.54) is 27.6 Å². The quantitative estimate of drug-likeness (QED) is 0.684. The summed E-state index contributed by atoms with van der Waals surface area (Å²) < 4.78 is 0. The summed E-state index contributed by atoms with van der Waals surface area (Å²) in [5.41, 5.74) is 3.71. The molecule has 0 spiro atoms. The Kier molecular flexibility index (Phi) is 2.73. The Morgan fingerprint density at radius 2 is 1.39 bits per heavy atom. The van der Waals surface area contributed by atoms with Crippen LogP contribution in [-0.4, -0.2) is 7.05 Å². The second-order valence-electron chi connectivity index (χ2n) is 4.32. The Morgan fingerprint density at radius 3 is 2.17 bits per heavy atom. The molecular formula is C17H15N. The molecule has 0 aliphatic rings. The molecule has 0 aliphatic heterocycles. The van der Waals surface area contributed by atoms with Crippen LogP contribution >= 0.6 is 0 Å². The average Bonchev–Trinajstić information content (AvgIpc) is 2.47. The summed E-state index contributed by atoms with van der Waals surface area (Å²) >= 11 is 0. The van der Waals surface area contributed by atoms with Crippen molar-refractivity contribution in [2.24, 2.45) is 0 Å². The topological polar surface area (TPSA) is 12.0 Å². The fourth-order valence-electron chi connectivity index (χ4n) is 2.40. The van der Waals surface area contributed by atoms with Crippen molar-refractivity contribution in [2.45, 2.75) is 0 Å². The van der Waals surface area contributed by atoms with Crippen molar-refractivity contribution in [1.29, 1.82) is 0 Å². The summed E-state index contributed by atoms with van der Waals surface area (Å²) in [6.45, 7) is 0. The molecule has 0 atom stereocenters. The van der Waals surface area contributed by atoms with E-state index in [0.29, 0.717) is 0 Å². The Bertz CT molecular complexity index is 672. The second-order valence-corrected chi connectivity index (χ2v) is 4.32. The third kappa shape index (κ3) is 1.74. The van der Waals surface area contributed by atoms with Gasteiger partial charge >= 0.3 is 0 Å². The van der Waals surface area contributed by atoms with Gasteiger partial charge in [-0.25, -0.2) is 0 Å². The van der Waals surface area contributed by atoms with E-state index in [0.717, 1.165) is 0 Å². The van der Waals surface area contributed by atoms with Crippen molar-refractivity contribution in [1.82, 2.24) is 0 Å². The molecule has 0 heterocycles. The van der Waals surface area contributed by atoms with Gasteiger partial charge in [-0.2, -0.15) is 0 Å². The van der Waals surface area contributed by atoms with E-state index in [4.69, 9.17) is 0 Å². The van der Waals surface area contributed by atoms with Gasteiger partial charge in [0.05, 0.1) is 0 Å². The first-order valence-corrected chi connectivity index (χ1v) is 6.15. The molecule has 3 rings (SSSR count). The maximum atomic E-state index is 3.25. The first-order valence-electron chi connectivity index (χ1n) is 6.15. The van der Waals surface area contributed by atoms with E-state index >= 15 is 0 Å². The van der Waals surface area contributed by atoms with E-state index in [1.807, 2.05) is 13.1 Å². The van der Waals surface area contributed by atoms with Crippen molar-refractivity contribution in [3.8, 4) is 11.1 Å². The maximum Gasteiger partial charge on any atom is 0.0417 e. The van der Waals surface area contributed by atoms with Gasteiger partial charge in [-0.15, -0.1) is 0 Å². The summed E-state index contributed by atoms with van der Waals surface area (Å²) in [5, 5.41) is 5.80. The molecule has 0 unspecified atom stereocenters. The number of nitrogens with one attached hydrogen (secondary N) is 1. The monoisotopic (exact) mass is 233 g/mol. The highest BCUT2D eigenvalue weighted by molar-refractivity contribution is 6.02. The van der Waals surface area contributed by atoms with Crippen LogP contribution in [0.1, 0.15) is 0 Å².